The summed E-state index contributed by atoms with van der Waals surface area (Å²) >= 11 is 0. The molecule has 0 fully saturated rings. The third-order valence-corrected chi connectivity index (χ3v) is 6.17. The first-order chi connectivity index (χ1) is 22.5. The van der Waals surface area contributed by atoms with Gasteiger partial charge in [-0.1, -0.05) is 6.42 Å². The summed E-state index contributed by atoms with van der Waals surface area (Å²) < 4.78 is 37.6. The molecule has 0 aromatic carbocycles. The van der Waals surface area contributed by atoms with E-state index in [1.807, 2.05) is 0 Å². The van der Waals surface area contributed by atoms with Crippen LogP contribution in [0.25, 0.3) is 0 Å². The number of nitrogens with one attached hydrogen (secondary N) is 2. The van der Waals surface area contributed by atoms with Gasteiger partial charge in [0.2, 0.25) is 11.8 Å². The van der Waals surface area contributed by atoms with E-state index in [9.17, 15) is 19.2 Å². The Labute approximate surface area is 270 Å². The van der Waals surface area contributed by atoms with E-state index >= 15 is 0 Å². The molecule has 46 heavy (non-hydrogen) atoms. The van der Waals surface area contributed by atoms with Gasteiger partial charge >= 0.3 is 0 Å². The molecule has 1 aliphatic heterocycles. The summed E-state index contributed by atoms with van der Waals surface area (Å²) in [4.78, 5) is 52.6. The molecule has 1 unspecified atom stereocenters. The number of nitrogens with zero attached hydrogens (tertiary/aromatic N) is 1. The molecule has 5 N–H and O–H groups in total. The number of ether oxygens (including phenoxy) is 7. The number of amides is 4. The molecular formula is C29H52N4O13. The Kier molecular flexibility index (Phi) is 26.8. The van der Waals surface area contributed by atoms with Gasteiger partial charge in [-0.15, -0.1) is 0 Å². The van der Waals surface area contributed by atoms with Crippen LogP contribution >= 0.6 is 0 Å². The molecule has 0 spiro atoms. The Bertz CT molecular complexity index is 832. The highest BCUT2D eigenvalue weighted by Crippen LogP contribution is 2.07. The molecule has 0 aromatic heterocycles. The lowest BCUT2D eigenvalue weighted by molar-refractivity contribution is -0.249. The van der Waals surface area contributed by atoms with Gasteiger partial charge in [0.15, 0.2) is 0 Å². The second kappa shape index (κ2) is 29.8. The maximum atomic E-state index is 12.3. The average Bonchev–Trinajstić information content (AvgIpc) is 3.37. The molecule has 0 aromatic rings. The van der Waals surface area contributed by atoms with Gasteiger partial charge in [0, 0.05) is 38.2 Å². The number of rotatable bonds is 33. The molecule has 0 radical (unpaired) electrons. The topological polar surface area (TPSA) is 216 Å². The maximum Gasteiger partial charge on any atom is 0.253 e. The van der Waals surface area contributed by atoms with Crippen LogP contribution in [-0.4, -0.2) is 159 Å². The van der Waals surface area contributed by atoms with Crippen LogP contribution in [0.3, 0.4) is 0 Å². The highest BCUT2D eigenvalue weighted by Gasteiger charge is 2.22. The van der Waals surface area contributed by atoms with Crippen molar-refractivity contribution in [3.8, 4) is 0 Å². The van der Waals surface area contributed by atoms with Crippen molar-refractivity contribution in [1.29, 1.82) is 0 Å². The second-order valence-corrected chi connectivity index (χ2v) is 9.74. The van der Waals surface area contributed by atoms with Crippen molar-refractivity contribution in [1.82, 2.24) is 15.5 Å². The quantitative estimate of drug-likeness (QED) is 0.0276. The van der Waals surface area contributed by atoms with Crippen LogP contribution in [0.5, 0.6) is 0 Å². The molecule has 17 heteroatoms. The minimum atomic E-state index is -0.845. The zero-order chi connectivity index (χ0) is 33.5. The summed E-state index contributed by atoms with van der Waals surface area (Å²) in [5, 5.41) is 13.4. The molecule has 1 rings (SSSR count). The van der Waals surface area contributed by atoms with Gasteiger partial charge in [0.05, 0.1) is 92.5 Å². The van der Waals surface area contributed by atoms with Gasteiger partial charge in [-0.2, -0.15) is 0 Å². The Morgan fingerprint density at radius 1 is 0.674 bits per heavy atom. The van der Waals surface area contributed by atoms with Crippen LogP contribution in [0.2, 0.25) is 0 Å². The third-order valence-electron chi connectivity index (χ3n) is 6.17. The summed E-state index contributed by atoms with van der Waals surface area (Å²) in [5.41, 5.74) is 5.65. The normalized spacial score (nSPS) is 13.5. The molecule has 1 atom stereocenters. The fraction of sp³-hybridized carbons (Fsp3) is 0.793. The van der Waals surface area contributed by atoms with Crippen LogP contribution in [0.4, 0.5) is 0 Å². The van der Waals surface area contributed by atoms with Gasteiger partial charge in [0.1, 0.15) is 12.6 Å². The number of carbonyl (C=O) groups is 4. The fourth-order valence-electron chi connectivity index (χ4n) is 3.77. The summed E-state index contributed by atoms with van der Waals surface area (Å²) in [6.45, 7) is 6.42. The van der Waals surface area contributed by atoms with Crippen LogP contribution in [-0.2, 0) is 57.2 Å². The minimum Gasteiger partial charge on any atom is -0.377 e. The number of hydrogen-bond donors (Lipinski definition) is 4. The maximum absolute atomic E-state index is 12.3. The van der Waals surface area contributed by atoms with E-state index in [1.165, 1.54) is 17.1 Å². The smallest absolute Gasteiger partial charge is 0.253 e. The predicted octanol–water partition coefficient (Wildman–Crippen LogP) is -1.36. The van der Waals surface area contributed by atoms with Crippen LogP contribution in [0, 0.1) is 0 Å². The van der Waals surface area contributed by atoms with E-state index in [-0.39, 0.29) is 50.4 Å². The number of carbonyl (C=O) groups excluding carboxylic acids is 4. The number of imide groups is 1. The van der Waals surface area contributed by atoms with Crippen molar-refractivity contribution in [2.24, 2.45) is 5.73 Å². The highest BCUT2D eigenvalue weighted by atomic mass is 17.1. The molecule has 0 aliphatic carbocycles. The van der Waals surface area contributed by atoms with Crippen molar-refractivity contribution in [2.45, 2.75) is 31.7 Å². The van der Waals surface area contributed by atoms with E-state index in [2.05, 4.69) is 15.5 Å². The van der Waals surface area contributed by atoms with E-state index in [0.717, 1.165) is 0 Å². The average molecular weight is 665 g/mol. The number of nitrogens with two attached hydrogens (primary N) is 1. The van der Waals surface area contributed by atoms with E-state index in [4.69, 9.17) is 44.1 Å². The summed E-state index contributed by atoms with van der Waals surface area (Å²) in [5.74, 6) is -1.31. The van der Waals surface area contributed by atoms with Crippen molar-refractivity contribution in [2.75, 3.05) is 119 Å². The molecular weight excluding hydrogens is 612 g/mol. The first-order valence-electron chi connectivity index (χ1n) is 15.6. The lowest BCUT2D eigenvalue weighted by Gasteiger charge is -2.17. The second-order valence-electron chi connectivity index (χ2n) is 9.74. The standard InChI is InChI=1S/C29H52N4O13/c30-24-25(32-26(34)4-2-1-3-8-33-27(35)5-6-28(33)36)29(37)31-7-9-39-10-11-40-12-13-41-14-15-42-16-17-43-18-19-44-20-21-45-22-23-46-38/h5-6,25,38H,1-4,7-24,30H2,(H,31,37)(H,32,34). The van der Waals surface area contributed by atoms with Gasteiger partial charge in [-0.3, -0.25) is 29.3 Å². The molecule has 17 nitrogen and oxygen atoms in total. The SMILES string of the molecule is NCC(NC(=O)CCCCCN1C(=O)C=CC1=O)C(=O)NCCOCCOCCOCCOCCOCCOCCOCCOO. The summed E-state index contributed by atoms with van der Waals surface area (Å²) in [6, 6.07) is -0.845. The van der Waals surface area contributed by atoms with E-state index in [1.54, 1.807) is 0 Å². The molecule has 4 amide bonds. The zero-order valence-electron chi connectivity index (χ0n) is 26.7. The van der Waals surface area contributed by atoms with Crippen molar-refractivity contribution < 1.29 is 62.5 Å². The third kappa shape index (κ3) is 22.8. The van der Waals surface area contributed by atoms with Gasteiger partial charge in [-0.05, 0) is 12.8 Å². The first kappa shape index (κ1) is 41.4. The monoisotopic (exact) mass is 664 g/mol. The van der Waals surface area contributed by atoms with E-state index < -0.39 is 11.9 Å². The predicted molar refractivity (Wildman–Crippen MR) is 163 cm³/mol. The summed E-state index contributed by atoms with van der Waals surface area (Å²) in [7, 11) is 0. The van der Waals surface area contributed by atoms with Crippen molar-refractivity contribution in [3.63, 3.8) is 0 Å². The van der Waals surface area contributed by atoms with Crippen molar-refractivity contribution >= 4 is 23.6 Å². The Morgan fingerprint density at radius 2 is 1.11 bits per heavy atom. The van der Waals surface area contributed by atoms with Crippen LogP contribution < -0.4 is 16.4 Å². The fourth-order valence-corrected chi connectivity index (χ4v) is 3.77. The first-order valence-corrected chi connectivity index (χ1v) is 15.6. The van der Waals surface area contributed by atoms with E-state index in [0.29, 0.717) is 112 Å². The largest absolute Gasteiger partial charge is 0.377 e. The lowest BCUT2D eigenvalue weighted by atomic mass is 10.1. The Balaban J connectivity index is 1.83. The van der Waals surface area contributed by atoms with Gasteiger partial charge < -0.3 is 49.5 Å². The zero-order valence-corrected chi connectivity index (χ0v) is 26.7. The van der Waals surface area contributed by atoms with Crippen LogP contribution in [0.15, 0.2) is 12.2 Å². The van der Waals surface area contributed by atoms with Crippen LogP contribution in [0.1, 0.15) is 25.7 Å². The Morgan fingerprint density at radius 3 is 1.54 bits per heavy atom. The molecule has 1 aliphatic rings. The number of unbranched alkanes of at least 4 members (excludes halogenated alkanes) is 2. The molecule has 0 saturated heterocycles. The van der Waals surface area contributed by atoms with Crippen molar-refractivity contribution in [3.05, 3.63) is 12.2 Å². The highest BCUT2D eigenvalue weighted by molar-refractivity contribution is 6.12. The summed E-state index contributed by atoms with van der Waals surface area (Å²) in [6.07, 6.45) is 4.51. The molecule has 0 bridgehead atoms. The molecule has 266 valence electrons. The molecule has 0 saturated carbocycles. The van der Waals surface area contributed by atoms with Gasteiger partial charge in [0.25, 0.3) is 11.8 Å². The minimum absolute atomic E-state index is 0.0420. The number of hydrogen-bond acceptors (Lipinski definition) is 14. The molecule has 1 heterocycles. The van der Waals surface area contributed by atoms with Gasteiger partial charge in [-0.25, -0.2) is 4.89 Å². The Hall–Kier alpha value is -2.58. The lowest BCUT2D eigenvalue weighted by Crippen LogP contribution is -2.51.